The molecule has 0 fully saturated rings. The van der Waals surface area contributed by atoms with E-state index >= 15 is 0 Å². The van der Waals surface area contributed by atoms with Gasteiger partial charge >= 0.3 is 5.97 Å². The molecule has 0 aromatic carbocycles. The van der Waals surface area contributed by atoms with Crippen LogP contribution in [-0.2, 0) is 9.84 Å². The van der Waals surface area contributed by atoms with Gasteiger partial charge in [-0.15, -0.1) is 10.2 Å². The fraction of sp³-hybridized carbons (Fsp3) is 0.571. The van der Waals surface area contributed by atoms with Gasteiger partial charge in [-0.25, -0.2) is 13.2 Å². The summed E-state index contributed by atoms with van der Waals surface area (Å²) in [5.41, 5.74) is 5.03. The number of aromatic carboxylic acids is 1. The number of carboxylic acid groups (broad SMARTS) is 1. The minimum Gasteiger partial charge on any atom is -0.476 e. The maximum atomic E-state index is 10.8. The topological polar surface area (TPSA) is 123 Å². The van der Waals surface area contributed by atoms with Crippen molar-refractivity contribution in [3.05, 3.63) is 5.01 Å². The molecule has 1 aromatic rings. The van der Waals surface area contributed by atoms with Crippen LogP contribution in [0.1, 0.15) is 23.1 Å². The van der Waals surface area contributed by atoms with E-state index in [0.29, 0.717) is 11.3 Å². The van der Waals surface area contributed by atoms with E-state index in [1.165, 1.54) is 0 Å². The number of nitrogens with zero attached hydrogens (tertiary/aromatic N) is 2. The van der Waals surface area contributed by atoms with Crippen LogP contribution in [0, 0.1) is 0 Å². The molecule has 0 radical (unpaired) electrons. The Kier molecular flexibility index (Phi) is 6.08. The number of carbonyl (C=O) groups is 1. The van der Waals surface area contributed by atoms with Crippen LogP contribution in [-0.4, -0.2) is 42.5 Å². The van der Waals surface area contributed by atoms with Gasteiger partial charge in [0.05, 0.1) is 0 Å². The van der Waals surface area contributed by atoms with E-state index in [1.54, 1.807) is 0 Å². The third kappa shape index (κ3) is 5.14. The average Bonchev–Trinajstić information content (AvgIpc) is 2.66. The van der Waals surface area contributed by atoms with E-state index in [-0.39, 0.29) is 9.35 Å². The van der Waals surface area contributed by atoms with E-state index in [9.17, 15) is 13.2 Å². The second-order valence-corrected chi connectivity index (χ2v) is 5.91. The summed E-state index contributed by atoms with van der Waals surface area (Å²) in [5, 5.41) is 14.4. The van der Waals surface area contributed by atoms with Crippen molar-refractivity contribution in [3.63, 3.8) is 0 Å². The van der Waals surface area contributed by atoms with Gasteiger partial charge in [0.1, 0.15) is 0 Å². The number of aromatic nitrogens is 2. The van der Waals surface area contributed by atoms with Crippen molar-refractivity contribution in [2.45, 2.75) is 17.7 Å². The first kappa shape index (κ1) is 14.9. The molecule has 0 aliphatic heterocycles. The number of hydrogen-bond acceptors (Lipinski definition) is 7. The highest BCUT2D eigenvalue weighted by Gasteiger charge is 2.17. The molecule has 1 rings (SSSR count). The fourth-order valence-corrected chi connectivity index (χ4v) is 1.89. The SMILES string of the molecule is CCCN.CS(=O)(=O)c1nnc(C(=O)O)s1. The van der Waals surface area contributed by atoms with Crippen LogP contribution in [0.4, 0.5) is 0 Å². The molecule has 92 valence electrons. The van der Waals surface area contributed by atoms with E-state index in [4.69, 9.17) is 10.8 Å². The molecule has 7 nitrogen and oxygen atoms in total. The van der Waals surface area contributed by atoms with Crippen molar-refractivity contribution < 1.29 is 18.3 Å². The number of sulfone groups is 1. The molecule has 9 heteroatoms. The van der Waals surface area contributed by atoms with Crippen molar-refractivity contribution >= 4 is 27.1 Å². The molecular formula is C7H13N3O4S2. The molecule has 0 spiro atoms. The smallest absolute Gasteiger partial charge is 0.367 e. The molecule has 3 N–H and O–H groups in total. The summed E-state index contributed by atoms with van der Waals surface area (Å²) in [4.78, 5) is 10.3. The summed E-state index contributed by atoms with van der Waals surface area (Å²) in [5.74, 6) is -1.28. The lowest BCUT2D eigenvalue weighted by Gasteiger charge is -1.83. The van der Waals surface area contributed by atoms with Crippen molar-refractivity contribution in [2.75, 3.05) is 12.8 Å². The summed E-state index contributed by atoms with van der Waals surface area (Å²) < 4.78 is 21.3. The Labute approximate surface area is 97.2 Å². The number of nitrogens with two attached hydrogens (primary N) is 1. The summed E-state index contributed by atoms with van der Waals surface area (Å²) in [6.07, 6.45) is 2.04. The van der Waals surface area contributed by atoms with Crippen LogP contribution in [0.2, 0.25) is 0 Å². The maximum Gasteiger partial charge on any atom is 0.367 e. The fourth-order valence-electron chi connectivity index (χ4n) is 0.446. The zero-order valence-electron chi connectivity index (χ0n) is 8.87. The normalized spacial score (nSPS) is 10.4. The van der Waals surface area contributed by atoms with Gasteiger partial charge in [0.2, 0.25) is 19.2 Å². The molecule has 0 amide bonds. The Morgan fingerprint density at radius 1 is 1.50 bits per heavy atom. The molecule has 0 aliphatic carbocycles. The zero-order chi connectivity index (χ0) is 12.8. The second-order valence-electron chi connectivity index (χ2n) is 2.74. The third-order valence-electron chi connectivity index (χ3n) is 1.20. The van der Waals surface area contributed by atoms with Gasteiger partial charge in [-0.3, -0.25) is 0 Å². The van der Waals surface area contributed by atoms with Crippen molar-refractivity contribution in [1.82, 2.24) is 10.2 Å². The predicted octanol–water partition coefficient (Wildman–Crippen LogP) is -0.00510. The number of rotatable bonds is 3. The van der Waals surface area contributed by atoms with Crippen LogP contribution in [0.15, 0.2) is 4.34 Å². The van der Waals surface area contributed by atoms with E-state index in [0.717, 1.165) is 19.2 Å². The first-order chi connectivity index (χ1) is 7.32. The first-order valence-corrected chi connectivity index (χ1v) is 7.00. The highest BCUT2D eigenvalue weighted by molar-refractivity contribution is 7.92. The van der Waals surface area contributed by atoms with Crippen LogP contribution in [0.3, 0.4) is 0 Å². The van der Waals surface area contributed by atoms with E-state index in [1.807, 2.05) is 0 Å². The molecule has 1 aromatic heterocycles. The van der Waals surface area contributed by atoms with Crippen molar-refractivity contribution in [2.24, 2.45) is 5.73 Å². The summed E-state index contributed by atoms with van der Waals surface area (Å²) in [6.45, 7) is 2.88. The Morgan fingerprint density at radius 3 is 2.19 bits per heavy atom. The molecular weight excluding hydrogens is 254 g/mol. The Hall–Kier alpha value is -1.06. The minimum absolute atomic E-state index is 0.278. The predicted molar refractivity (Wildman–Crippen MR) is 59.3 cm³/mol. The van der Waals surface area contributed by atoms with Crippen LogP contribution in [0.25, 0.3) is 0 Å². The highest BCUT2D eigenvalue weighted by atomic mass is 32.2. The van der Waals surface area contributed by atoms with Gasteiger partial charge in [-0.05, 0) is 13.0 Å². The molecule has 0 saturated heterocycles. The molecule has 0 saturated carbocycles. The Morgan fingerprint density at radius 2 is 2.00 bits per heavy atom. The minimum atomic E-state index is -3.43. The maximum absolute atomic E-state index is 10.8. The van der Waals surface area contributed by atoms with Crippen LogP contribution < -0.4 is 5.73 Å². The highest BCUT2D eigenvalue weighted by Crippen LogP contribution is 2.14. The monoisotopic (exact) mass is 267 g/mol. The van der Waals surface area contributed by atoms with Gasteiger partial charge in [-0.1, -0.05) is 18.3 Å². The lowest BCUT2D eigenvalue weighted by Crippen LogP contribution is -1.95. The lowest BCUT2D eigenvalue weighted by molar-refractivity contribution is 0.0695. The molecule has 0 aliphatic rings. The Bertz CT molecular complexity index is 438. The molecule has 1 heterocycles. The first-order valence-electron chi connectivity index (χ1n) is 4.29. The van der Waals surface area contributed by atoms with Gasteiger partial charge < -0.3 is 10.8 Å². The summed E-state index contributed by atoms with van der Waals surface area (Å²) in [7, 11) is -3.43. The van der Waals surface area contributed by atoms with E-state index in [2.05, 4.69) is 17.1 Å². The van der Waals surface area contributed by atoms with E-state index < -0.39 is 15.8 Å². The molecule has 0 unspecified atom stereocenters. The van der Waals surface area contributed by atoms with Crippen molar-refractivity contribution in [1.29, 1.82) is 0 Å². The second kappa shape index (κ2) is 6.51. The average molecular weight is 267 g/mol. The number of carboxylic acids is 1. The van der Waals surface area contributed by atoms with Crippen molar-refractivity contribution in [3.8, 4) is 0 Å². The van der Waals surface area contributed by atoms with Gasteiger partial charge in [-0.2, -0.15) is 0 Å². The molecule has 16 heavy (non-hydrogen) atoms. The number of hydrogen-bond donors (Lipinski definition) is 2. The van der Waals surface area contributed by atoms with Crippen LogP contribution >= 0.6 is 11.3 Å². The zero-order valence-corrected chi connectivity index (χ0v) is 10.5. The molecule has 0 atom stereocenters. The Balaban J connectivity index is 0.000000487. The lowest BCUT2D eigenvalue weighted by atomic mass is 10.5. The third-order valence-corrected chi connectivity index (χ3v) is 3.78. The summed E-state index contributed by atoms with van der Waals surface area (Å²) >= 11 is 0.538. The summed E-state index contributed by atoms with van der Waals surface area (Å²) in [6, 6.07) is 0. The van der Waals surface area contributed by atoms with Gasteiger partial charge in [0, 0.05) is 6.26 Å². The van der Waals surface area contributed by atoms with Crippen LogP contribution in [0.5, 0.6) is 0 Å². The van der Waals surface area contributed by atoms with Gasteiger partial charge in [0.15, 0.2) is 0 Å². The molecule has 0 bridgehead atoms. The quantitative estimate of drug-likeness (QED) is 0.789. The largest absolute Gasteiger partial charge is 0.476 e. The standard InChI is InChI=1S/C4H4N2O4S2.C3H9N/c1-12(9,10)4-6-5-2(11-4)3(7)8;1-2-3-4/h1H3,(H,7,8);2-4H2,1H3. The van der Waals surface area contributed by atoms with Gasteiger partial charge in [0.25, 0.3) is 0 Å².